The monoisotopic (exact) mass is 214 g/mol. The van der Waals surface area contributed by atoms with E-state index in [0.29, 0.717) is 0 Å². The maximum atomic E-state index is 8.73. The van der Waals surface area contributed by atoms with Crippen LogP contribution in [0, 0.1) is 18.3 Å². The lowest BCUT2D eigenvalue weighted by Gasteiger charge is -2.02. The summed E-state index contributed by atoms with van der Waals surface area (Å²) in [5.41, 5.74) is 9.83. The van der Waals surface area contributed by atoms with Crippen molar-refractivity contribution >= 4 is 17.0 Å². The van der Waals surface area contributed by atoms with Crippen LogP contribution in [0.1, 0.15) is 10.4 Å². The number of nitrogens with zero attached hydrogens (tertiary/aromatic N) is 1. The average molecular weight is 214 g/mol. The lowest BCUT2D eigenvalue weighted by Crippen LogP contribution is -1.89. The van der Waals surface area contributed by atoms with Gasteiger partial charge in [0, 0.05) is 5.69 Å². The van der Waals surface area contributed by atoms with Gasteiger partial charge in [0.2, 0.25) is 0 Å². The summed E-state index contributed by atoms with van der Waals surface area (Å²) < 4.78 is 0. The number of anilines is 1. The van der Waals surface area contributed by atoms with Crippen molar-refractivity contribution in [3.8, 4) is 17.2 Å². The molecule has 0 bridgehead atoms. The fourth-order valence-electron chi connectivity index (χ4n) is 1.37. The van der Waals surface area contributed by atoms with Gasteiger partial charge in [0.1, 0.15) is 10.9 Å². The minimum atomic E-state index is 0.726. The van der Waals surface area contributed by atoms with E-state index in [4.69, 9.17) is 11.0 Å². The molecule has 0 aliphatic heterocycles. The number of hydrogen-bond donors (Lipinski definition) is 1. The molecular formula is C12H10N2S. The number of aryl methyl sites for hydroxylation is 1. The van der Waals surface area contributed by atoms with Crippen LogP contribution in [0.5, 0.6) is 0 Å². The second kappa shape index (κ2) is 3.76. The summed E-state index contributed by atoms with van der Waals surface area (Å²) in [7, 11) is 0. The van der Waals surface area contributed by atoms with Gasteiger partial charge in [0.15, 0.2) is 0 Å². The highest BCUT2D eigenvalue weighted by Gasteiger charge is 2.03. The van der Waals surface area contributed by atoms with E-state index in [1.165, 1.54) is 11.3 Å². The van der Waals surface area contributed by atoms with Crippen LogP contribution in [-0.2, 0) is 0 Å². The van der Waals surface area contributed by atoms with Crippen LogP contribution >= 0.6 is 11.3 Å². The normalized spacial score (nSPS) is 9.87. The van der Waals surface area contributed by atoms with Crippen LogP contribution in [0.4, 0.5) is 5.69 Å². The molecule has 0 atom stereocenters. The van der Waals surface area contributed by atoms with Gasteiger partial charge in [0.05, 0.1) is 0 Å². The van der Waals surface area contributed by atoms with Crippen LogP contribution in [0.3, 0.4) is 0 Å². The molecule has 2 rings (SSSR count). The van der Waals surface area contributed by atoms with Crippen molar-refractivity contribution in [3.63, 3.8) is 0 Å². The standard InChI is InChI=1S/C12H10N2S/c1-8-2-3-9(5-12(8)14)10-4-11(6-13)15-7-10/h2-5,7H,14H2,1H3. The molecule has 0 saturated heterocycles. The summed E-state index contributed by atoms with van der Waals surface area (Å²) in [5.74, 6) is 0. The highest BCUT2D eigenvalue weighted by molar-refractivity contribution is 7.10. The molecule has 0 unspecified atom stereocenters. The fraction of sp³-hybridized carbons (Fsp3) is 0.0833. The summed E-state index contributed by atoms with van der Waals surface area (Å²) in [6.07, 6.45) is 0. The van der Waals surface area contributed by atoms with Crippen molar-refractivity contribution in [2.75, 3.05) is 5.73 Å². The van der Waals surface area contributed by atoms with E-state index in [0.717, 1.165) is 27.3 Å². The highest BCUT2D eigenvalue weighted by atomic mass is 32.1. The van der Waals surface area contributed by atoms with Crippen molar-refractivity contribution in [1.29, 1.82) is 5.26 Å². The van der Waals surface area contributed by atoms with Crippen LogP contribution < -0.4 is 5.73 Å². The van der Waals surface area contributed by atoms with E-state index < -0.39 is 0 Å². The van der Waals surface area contributed by atoms with Crippen LogP contribution in [-0.4, -0.2) is 0 Å². The first-order valence-corrected chi connectivity index (χ1v) is 5.44. The number of rotatable bonds is 1. The van der Waals surface area contributed by atoms with E-state index in [-0.39, 0.29) is 0 Å². The van der Waals surface area contributed by atoms with Gasteiger partial charge in [-0.2, -0.15) is 5.26 Å². The molecule has 1 aromatic heterocycles. The van der Waals surface area contributed by atoms with Crippen LogP contribution in [0.15, 0.2) is 29.6 Å². The molecule has 0 saturated carbocycles. The van der Waals surface area contributed by atoms with E-state index in [1.54, 1.807) is 0 Å². The Morgan fingerprint density at radius 1 is 1.27 bits per heavy atom. The van der Waals surface area contributed by atoms with Crippen molar-refractivity contribution in [2.24, 2.45) is 0 Å². The number of hydrogen-bond acceptors (Lipinski definition) is 3. The van der Waals surface area contributed by atoms with Crippen molar-refractivity contribution < 1.29 is 0 Å². The zero-order valence-corrected chi connectivity index (χ0v) is 9.14. The molecule has 0 amide bonds. The molecule has 2 aromatic rings. The Labute approximate surface area is 92.6 Å². The molecule has 15 heavy (non-hydrogen) atoms. The first-order chi connectivity index (χ1) is 7.20. The quantitative estimate of drug-likeness (QED) is 0.741. The minimum absolute atomic E-state index is 0.726. The third-order valence-corrected chi connectivity index (χ3v) is 3.16. The third kappa shape index (κ3) is 1.85. The molecular weight excluding hydrogens is 204 g/mol. The highest BCUT2D eigenvalue weighted by Crippen LogP contribution is 2.27. The van der Waals surface area contributed by atoms with Crippen molar-refractivity contribution in [1.82, 2.24) is 0 Å². The number of benzene rings is 1. The van der Waals surface area contributed by atoms with E-state index >= 15 is 0 Å². The van der Waals surface area contributed by atoms with Gasteiger partial charge >= 0.3 is 0 Å². The zero-order valence-electron chi connectivity index (χ0n) is 8.32. The van der Waals surface area contributed by atoms with Gasteiger partial charge in [-0.1, -0.05) is 12.1 Å². The Kier molecular flexibility index (Phi) is 2.44. The number of nitrogens with two attached hydrogens (primary N) is 1. The Bertz CT molecular complexity index is 535. The summed E-state index contributed by atoms with van der Waals surface area (Å²) in [6, 6.07) is 9.97. The summed E-state index contributed by atoms with van der Waals surface area (Å²) in [6.45, 7) is 1.98. The van der Waals surface area contributed by atoms with E-state index in [1.807, 2.05) is 36.6 Å². The van der Waals surface area contributed by atoms with Gasteiger partial charge in [-0.15, -0.1) is 11.3 Å². The molecule has 2 N–H and O–H groups in total. The predicted octanol–water partition coefficient (Wildman–Crippen LogP) is 3.18. The number of thiophene rings is 1. The zero-order chi connectivity index (χ0) is 10.8. The summed E-state index contributed by atoms with van der Waals surface area (Å²) in [5, 5.41) is 10.7. The molecule has 0 spiro atoms. The SMILES string of the molecule is Cc1ccc(-c2csc(C#N)c2)cc1N. The summed E-state index contributed by atoms with van der Waals surface area (Å²) >= 11 is 1.45. The Hall–Kier alpha value is -1.79. The van der Waals surface area contributed by atoms with Crippen LogP contribution in [0.2, 0.25) is 0 Å². The first kappa shape index (κ1) is 9.75. The second-order valence-corrected chi connectivity index (χ2v) is 4.29. The lowest BCUT2D eigenvalue weighted by atomic mass is 10.1. The lowest BCUT2D eigenvalue weighted by molar-refractivity contribution is 1.47. The smallest absolute Gasteiger partial charge is 0.110 e. The van der Waals surface area contributed by atoms with Crippen molar-refractivity contribution in [3.05, 3.63) is 40.1 Å². The molecule has 0 radical (unpaired) electrons. The predicted molar refractivity (Wildman–Crippen MR) is 63.6 cm³/mol. The molecule has 0 aliphatic rings. The second-order valence-electron chi connectivity index (χ2n) is 3.38. The maximum Gasteiger partial charge on any atom is 0.110 e. The van der Waals surface area contributed by atoms with Gasteiger partial charge < -0.3 is 5.73 Å². The Morgan fingerprint density at radius 2 is 2.07 bits per heavy atom. The van der Waals surface area contributed by atoms with Gasteiger partial charge in [-0.05, 0) is 41.1 Å². The van der Waals surface area contributed by atoms with Gasteiger partial charge in [0.25, 0.3) is 0 Å². The number of nitrogen functional groups attached to an aromatic ring is 1. The van der Waals surface area contributed by atoms with E-state index in [2.05, 4.69) is 6.07 Å². The third-order valence-electron chi connectivity index (χ3n) is 2.32. The molecule has 1 heterocycles. The molecule has 0 fully saturated rings. The largest absolute Gasteiger partial charge is 0.398 e. The number of nitriles is 1. The molecule has 3 heteroatoms. The molecule has 2 nitrogen and oxygen atoms in total. The molecule has 1 aromatic carbocycles. The van der Waals surface area contributed by atoms with E-state index in [9.17, 15) is 0 Å². The van der Waals surface area contributed by atoms with Crippen LogP contribution in [0.25, 0.3) is 11.1 Å². The van der Waals surface area contributed by atoms with Gasteiger partial charge in [-0.3, -0.25) is 0 Å². The fourth-order valence-corrected chi connectivity index (χ4v) is 2.07. The minimum Gasteiger partial charge on any atom is -0.398 e. The molecule has 0 aliphatic carbocycles. The average Bonchev–Trinajstić information content (AvgIpc) is 2.70. The maximum absolute atomic E-state index is 8.73. The topological polar surface area (TPSA) is 49.8 Å². The Balaban J connectivity index is 2.46. The Morgan fingerprint density at radius 3 is 2.67 bits per heavy atom. The first-order valence-electron chi connectivity index (χ1n) is 4.56. The summed E-state index contributed by atoms with van der Waals surface area (Å²) in [4.78, 5) is 0.726. The molecule has 74 valence electrons. The van der Waals surface area contributed by atoms with Crippen molar-refractivity contribution in [2.45, 2.75) is 6.92 Å². The van der Waals surface area contributed by atoms with Gasteiger partial charge in [-0.25, -0.2) is 0 Å².